The first-order valence-corrected chi connectivity index (χ1v) is 7.61. The number of carbonyl (C=O) groups is 4. The van der Waals surface area contributed by atoms with Gasteiger partial charge < -0.3 is 10.1 Å². The third-order valence-electron chi connectivity index (χ3n) is 3.24. The number of hydrogen-bond acceptors (Lipinski definition) is 5. The van der Waals surface area contributed by atoms with Crippen molar-refractivity contribution in [3.63, 3.8) is 0 Å². The van der Waals surface area contributed by atoms with E-state index in [1.54, 1.807) is 12.1 Å². The molecule has 1 N–H and O–H groups in total. The molecule has 0 spiro atoms. The van der Waals surface area contributed by atoms with Gasteiger partial charge in [-0.25, -0.2) is 4.79 Å². The van der Waals surface area contributed by atoms with Gasteiger partial charge in [-0.05, 0) is 39.0 Å². The molecule has 24 heavy (non-hydrogen) atoms. The standard InChI is InChI=1S/C17H20N2O5/c1-17(2,3)18-13(20)10-24-16(23)11-5-4-6-12(9-11)19-14(21)7-8-15(19)22/h4-6,9H,7-8,10H2,1-3H3,(H,18,20). The van der Waals surface area contributed by atoms with Crippen LogP contribution in [-0.4, -0.2) is 35.8 Å². The van der Waals surface area contributed by atoms with Gasteiger partial charge in [-0.15, -0.1) is 0 Å². The van der Waals surface area contributed by atoms with Crippen LogP contribution >= 0.6 is 0 Å². The highest BCUT2D eigenvalue weighted by Gasteiger charge is 2.30. The van der Waals surface area contributed by atoms with Crippen molar-refractivity contribution in [3.8, 4) is 0 Å². The third-order valence-corrected chi connectivity index (χ3v) is 3.24. The zero-order valence-electron chi connectivity index (χ0n) is 13.9. The second kappa shape index (κ2) is 6.82. The normalized spacial score (nSPS) is 14.7. The van der Waals surface area contributed by atoms with Gasteiger partial charge in [0.15, 0.2) is 6.61 Å². The fraction of sp³-hybridized carbons (Fsp3) is 0.412. The average Bonchev–Trinajstić information content (AvgIpc) is 2.82. The van der Waals surface area contributed by atoms with Crippen LogP contribution in [0.5, 0.6) is 0 Å². The number of carbonyl (C=O) groups excluding carboxylic acids is 4. The van der Waals surface area contributed by atoms with E-state index in [0.29, 0.717) is 5.69 Å². The third kappa shape index (κ3) is 4.41. The first kappa shape index (κ1) is 17.7. The van der Waals surface area contributed by atoms with Crippen molar-refractivity contribution in [1.82, 2.24) is 5.32 Å². The fourth-order valence-electron chi connectivity index (χ4n) is 2.31. The maximum Gasteiger partial charge on any atom is 0.338 e. The van der Waals surface area contributed by atoms with Crippen LogP contribution in [0.1, 0.15) is 44.0 Å². The lowest BCUT2D eigenvalue weighted by Gasteiger charge is -2.20. The van der Waals surface area contributed by atoms with E-state index in [-0.39, 0.29) is 30.2 Å². The summed E-state index contributed by atoms with van der Waals surface area (Å²) in [5.41, 5.74) is 0.0829. The van der Waals surface area contributed by atoms with Crippen LogP contribution in [0.4, 0.5) is 5.69 Å². The molecule has 7 nitrogen and oxygen atoms in total. The van der Waals surface area contributed by atoms with E-state index in [1.165, 1.54) is 12.1 Å². The highest BCUT2D eigenvalue weighted by molar-refractivity contribution is 6.20. The zero-order valence-corrected chi connectivity index (χ0v) is 13.9. The fourth-order valence-corrected chi connectivity index (χ4v) is 2.31. The summed E-state index contributed by atoms with van der Waals surface area (Å²) < 4.78 is 4.97. The molecule has 0 saturated carbocycles. The Morgan fingerprint density at radius 1 is 1.17 bits per heavy atom. The highest BCUT2D eigenvalue weighted by atomic mass is 16.5. The van der Waals surface area contributed by atoms with Crippen molar-refractivity contribution in [2.24, 2.45) is 0 Å². The lowest BCUT2D eigenvalue weighted by molar-refractivity contribution is -0.125. The molecule has 0 atom stereocenters. The molecular formula is C17H20N2O5. The Hall–Kier alpha value is -2.70. The van der Waals surface area contributed by atoms with Crippen LogP contribution < -0.4 is 10.2 Å². The summed E-state index contributed by atoms with van der Waals surface area (Å²) in [5, 5.41) is 2.68. The van der Waals surface area contributed by atoms with Crippen molar-refractivity contribution >= 4 is 29.4 Å². The summed E-state index contributed by atoms with van der Waals surface area (Å²) >= 11 is 0. The summed E-state index contributed by atoms with van der Waals surface area (Å²) in [6, 6.07) is 6.04. The Labute approximate surface area is 140 Å². The molecule has 128 valence electrons. The lowest BCUT2D eigenvalue weighted by atomic mass is 10.1. The molecule has 1 aliphatic rings. The van der Waals surface area contributed by atoms with E-state index in [2.05, 4.69) is 5.32 Å². The summed E-state index contributed by atoms with van der Waals surface area (Å²) in [5.74, 6) is -1.69. The van der Waals surface area contributed by atoms with Crippen molar-refractivity contribution < 1.29 is 23.9 Å². The average molecular weight is 332 g/mol. The molecule has 0 aromatic heterocycles. The second-order valence-corrected chi connectivity index (χ2v) is 6.55. The molecule has 7 heteroatoms. The number of hydrogen-bond donors (Lipinski definition) is 1. The van der Waals surface area contributed by atoms with Gasteiger partial charge in [0.05, 0.1) is 11.3 Å². The molecule has 1 heterocycles. The molecule has 2 rings (SSSR count). The predicted molar refractivity (Wildman–Crippen MR) is 86.3 cm³/mol. The molecule has 0 radical (unpaired) electrons. The Kier molecular flexibility index (Phi) is 5.02. The molecular weight excluding hydrogens is 312 g/mol. The van der Waals surface area contributed by atoms with Crippen molar-refractivity contribution in [2.45, 2.75) is 39.2 Å². The number of amides is 3. The Morgan fingerprint density at radius 2 is 1.79 bits per heavy atom. The van der Waals surface area contributed by atoms with E-state index in [0.717, 1.165) is 4.90 Å². The van der Waals surface area contributed by atoms with E-state index >= 15 is 0 Å². The van der Waals surface area contributed by atoms with Gasteiger partial charge in [-0.2, -0.15) is 0 Å². The first-order valence-electron chi connectivity index (χ1n) is 7.61. The molecule has 0 aliphatic carbocycles. The van der Waals surface area contributed by atoms with Gasteiger partial charge in [-0.1, -0.05) is 6.07 Å². The minimum atomic E-state index is -0.694. The van der Waals surface area contributed by atoms with Crippen molar-refractivity contribution in [3.05, 3.63) is 29.8 Å². The number of anilines is 1. The molecule has 1 saturated heterocycles. The highest BCUT2D eigenvalue weighted by Crippen LogP contribution is 2.23. The topological polar surface area (TPSA) is 92.8 Å². The maximum absolute atomic E-state index is 12.1. The van der Waals surface area contributed by atoms with E-state index < -0.39 is 24.0 Å². The van der Waals surface area contributed by atoms with Gasteiger partial charge in [0.1, 0.15) is 0 Å². The predicted octanol–water partition coefficient (Wildman–Crippen LogP) is 1.41. The molecule has 1 aromatic rings. The van der Waals surface area contributed by atoms with E-state index in [9.17, 15) is 19.2 Å². The van der Waals surface area contributed by atoms with Crippen LogP contribution in [0.2, 0.25) is 0 Å². The number of rotatable bonds is 4. The van der Waals surface area contributed by atoms with Gasteiger partial charge in [0.25, 0.3) is 5.91 Å². The quantitative estimate of drug-likeness (QED) is 0.665. The van der Waals surface area contributed by atoms with E-state index in [1.807, 2.05) is 20.8 Å². The Morgan fingerprint density at radius 3 is 2.38 bits per heavy atom. The molecule has 0 bridgehead atoms. The van der Waals surface area contributed by atoms with Crippen LogP contribution in [0.3, 0.4) is 0 Å². The number of esters is 1. The zero-order chi connectivity index (χ0) is 17.9. The molecule has 3 amide bonds. The summed E-state index contributed by atoms with van der Waals surface area (Å²) in [4.78, 5) is 48.3. The SMILES string of the molecule is CC(C)(C)NC(=O)COC(=O)c1cccc(N2C(=O)CCC2=O)c1. The summed E-state index contributed by atoms with van der Waals surface area (Å²) in [6.45, 7) is 5.06. The number of benzene rings is 1. The van der Waals surface area contributed by atoms with Crippen LogP contribution in [0, 0.1) is 0 Å². The van der Waals surface area contributed by atoms with Crippen molar-refractivity contribution in [1.29, 1.82) is 0 Å². The monoisotopic (exact) mass is 332 g/mol. The number of nitrogens with one attached hydrogen (secondary N) is 1. The van der Waals surface area contributed by atoms with Crippen molar-refractivity contribution in [2.75, 3.05) is 11.5 Å². The largest absolute Gasteiger partial charge is 0.452 e. The minimum Gasteiger partial charge on any atom is -0.452 e. The number of ether oxygens (including phenoxy) is 1. The van der Waals surface area contributed by atoms with Crippen LogP contribution in [0.25, 0.3) is 0 Å². The maximum atomic E-state index is 12.1. The summed E-state index contributed by atoms with van der Waals surface area (Å²) in [7, 11) is 0. The molecule has 1 aromatic carbocycles. The van der Waals surface area contributed by atoms with Crippen LogP contribution in [-0.2, 0) is 19.1 Å². The summed E-state index contributed by atoms with van der Waals surface area (Å²) in [6.07, 6.45) is 0.334. The minimum absolute atomic E-state index is 0.167. The van der Waals surface area contributed by atoms with Gasteiger partial charge in [0, 0.05) is 18.4 Å². The van der Waals surface area contributed by atoms with Crippen LogP contribution in [0.15, 0.2) is 24.3 Å². The lowest BCUT2D eigenvalue weighted by Crippen LogP contribution is -2.42. The molecule has 0 unspecified atom stereocenters. The van der Waals surface area contributed by atoms with Gasteiger partial charge >= 0.3 is 5.97 Å². The van der Waals surface area contributed by atoms with Gasteiger partial charge in [0.2, 0.25) is 11.8 Å². The Balaban J connectivity index is 2.03. The number of imide groups is 1. The second-order valence-electron chi connectivity index (χ2n) is 6.55. The molecule has 1 aliphatic heterocycles. The number of nitrogens with zero attached hydrogens (tertiary/aromatic N) is 1. The first-order chi connectivity index (χ1) is 11.2. The van der Waals surface area contributed by atoms with Gasteiger partial charge in [-0.3, -0.25) is 19.3 Å². The van der Waals surface area contributed by atoms with E-state index in [4.69, 9.17) is 4.74 Å². The Bertz CT molecular complexity index is 674. The smallest absolute Gasteiger partial charge is 0.338 e. The molecule has 1 fully saturated rings.